The molecule has 0 unspecified atom stereocenters. The van der Waals surface area contributed by atoms with E-state index in [1.165, 1.54) is 43.2 Å². The number of hydrogen-bond donors (Lipinski definition) is 5. The maximum atomic E-state index is 4.70. The van der Waals surface area contributed by atoms with Gasteiger partial charge in [0.1, 0.15) is 0 Å². The molecule has 0 aliphatic rings. The number of imidazole rings is 1. The standard InChI is InChI=1S/C13H10N2S8/c16-20-10-7(6-4-2-1-3-5-6)8-9(15-13(14-8)23-19)11(21-17)12(10)22-18/h1-5,16-19H,(H,14,15). The highest BCUT2D eigenvalue weighted by atomic mass is 33.1. The molecule has 0 fully saturated rings. The lowest BCUT2D eigenvalue weighted by molar-refractivity contribution is 1.08. The van der Waals surface area contributed by atoms with Gasteiger partial charge in [-0.25, -0.2) is 4.98 Å². The number of rotatable bonds is 5. The summed E-state index contributed by atoms with van der Waals surface area (Å²) in [6, 6.07) is 10.2. The fraction of sp³-hybridized carbons (Fsp3) is 0. The number of nitrogens with one attached hydrogen (secondary N) is 1. The second kappa shape index (κ2) is 8.39. The fourth-order valence-electron chi connectivity index (χ4n) is 2.31. The Morgan fingerprint density at radius 3 is 2.00 bits per heavy atom. The SMILES string of the molecule is SSc1nc2c(-c3ccccc3)c(SS)c(SS)c(SS)c2[nH]1. The Kier molecular flexibility index (Phi) is 6.75. The van der Waals surface area contributed by atoms with Crippen molar-refractivity contribution in [2.45, 2.75) is 19.8 Å². The molecule has 0 bridgehead atoms. The molecule has 0 aliphatic heterocycles. The minimum atomic E-state index is 0.751. The van der Waals surface area contributed by atoms with Crippen molar-refractivity contribution in [1.29, 1.82) is 0 Å². The van der Waals surface area contributed by atoms with E-state index in [9.17, 15) is 0 Å². The van der Waals surface area contributed by atoms with Gasteiger partial charge in [0.25, 0.3) is 0 Å². The molecule has 10 heteroatoms. The van der Waals surface area contributed by atoms with Crippen LogP contribution in [-0.4, -0.2) is 9.97 Å². The summed E-state index contributed by atoms with van der Waals surface area (Å²) in [5.74, 6) is 0. The predicted octanol–water partition coefficient (Wildman–Crippen LogP) is 6.98. The van der Waals surface area contributed by atoms with E-state index in [1.54, 1.807) is 0 Å². The van der Waals surface area contributed by atoms with Crippen molar-refractivity contribution >= 4 is 101 Å². The first-order chi connectivity index (χ1) is 11.2. The molecule has 0 spiro atoms. The van der Waals surface area contributed by atoms with Crippen molar-refractivity contribution < 1.29 is 0 Å². The number of fused-ring (bicyclic) bond motifs is 1. The van der Waals surface area contributed by atoms with Crippen LogP contribution in [0.15, 0.2) is 50.2 Å². The van der Waals surface area contributed by atoms with Crippen LogP contribution < -0.4 is 0 Å². The molecule has 0 saturated heterocycles. The third-order valence-corrected chi connectivity index (χ3v) is 7.77. The fourth-order valence-corrected chi connectivity index (χ4v) is 7.08. The first-order valence-corrected chi connectivity index (χ1v) is 13.6. The van der Waals surface area contributed by atoms with Crippen molar-refractivity contribution in [3.05, 3.63) is 30.3 Å². The van der Waals surface area contributed by atoms with Gasteiger partial charge in [0.2, 0.25) is 0 Å². The number of hydrogen-bond acceptors (Lipinski definition) is 9. The topological polar surface area (TPSA) is 28.7 Å². The molecule has 0 atom stereocenters. The normalized spacial score (nSPS) is 11.3. The van der Waals surface area contributed by atoms with Crippen LogP contribution in [0.1, 0.15) is 0 Å². The van der Waals surface area contributed by atoms with Gasteiger partial charge < -0.3 is 4.98 Å². The summed E-state index contributed by atoms with van der Waals surface area (Å²) in [5.41, 5.74) is 3.99. The molecule has 1 aromatic heterocycles. The molecular formula is C13H10N2S8. The summed E-state index contributed by atoms with van der Waals surface area (Å²) in [6.45, 7) is 0. The zero-order chi connectivity index (χ0) is 16.4. The van der Waals surface area contributed by atoms with E-state index in [0.717, 1.165) is 42.0 Å². The van der Waals surface area contributed by atoms with Crippen LogP contribution in [0.2, 0.25) is 0 Å². The number of aromatic amines is 1. The number of aromatic nitrogens is 2. The molecular weight excluding hydrogens is 441 g/mol. The van der Waals surface area contributed by atoms with Crippen LogP contribution >= 0.6 is 89.8 Å². The zero-order valence-corrected chi connectivity index (χ0v) is 18.1. The summed E-state index contributed by atoms with van der Waals surface area (Å²) in [6.07, 6.45) is 0. The second-order valence-corrected chi connectivity index (χ2v) is 8.89. The van der Waals surface area contributed by atoms with E-state index >= 15 is 0 Å². The Labute approximate surface area is 170 Å². The maximum absolute atomic E-state index is 4.70. The van der Waals surface area contributed by atoms with Crippen LogP contribution in [0.3, 0.4) is 0 Å². The summed E-state index contributed by atoms with van der Waals surface area (Å²) in [7, 11) is 5.46. The lowest BCUT2D eigenvalue weighted by atomic mass is 10.0. The number of nitrogens with zero attached hydrogens (tertiary/aromatic N) is 1. The second-order valence-electron chi connectivity index (χ2n) is 4.36. The van der Waals surface area contributed by atoms with Crippen molar-refractivity contribution in [2.24, 2.45) is 0 Å². The Hall–Kier alpha value is 0.710. The molecule has 2 nitrogen and oxygen atoms in total. The number of thiol groups is 4. The van der Waals surface area contributed by atoms with E-state index in [2.05, 4.69) is 63.8 Å². The molecule has 120 valence electrons. The molecule has 2 aromatic carbocycles. The third-order valence-electron chi connectivity index (χ3n) is 3.21. The van der Waals surface area contributed by atoms with Gasteiger partial charge in [-0.3, -0.25) is 0 Å². The molecule has 3 rings (SSSR count). The van der Waals surface area contributed by atoms with Gasteiger partial charge in [-0.15, -0.1) is 46.6 Å². The van der Waals surface area contributed by atoms with Crippen LogP contribution in [0, 0.1) is 0 Å². The quantitative estimate of drug-likeness (QED) is 0.214. The summed E-state index contributed by atoms with van der Waals surface area (Å²) in [5, 5.41) is 0.751. The molecule has 1 N–H and O–H groups in total. The lowest BCUT2D eigenvalue weighted by Gasteiger charge is -2.15. The van der Waals surface area contributed by atoms with E-state index in [-0.39, 0.29) is 0 Å². The minimum Gasteiger partial charge on any atom is -0.331 e. The Balaban J connectivity index is 2.47. The molecule has 0 aliphatic carbocycles. The first kappa shape index (κ1) is 18.5. The average molecular weight is 451 g/mol. The van der Waals surface area contributed by atoms with E-state index in [1.807, 2.05) is 18.2 Å². The van der Waals surface area contributed by atoms with E-state index < -0.39 is 0 Å². The summed E-state index contributed by atoms with van der Waals surface area (Å²) >= 11 is 17.6. The van der Waals surface area contributed by atoms with Crippen molar-refractivity contribution in [3.63, 3.8) is 0 Å². The molecule has 0 saturated carbocycles. The van der Waals surface area contributed by atoms with Crippen molar-refractivity contribution in [3.8, 4) is 11.1 Å². The van der Waals surface area contributed by atoms with Gasteiger partial charge in [-0.05, 0) is 16.4 Å². The first-order valence-electron chi connectivity index (χ1n) is 6.15. The van der Waals surface area contributed by atoms with Gasteiger partial charge in [0.15, 0.2) is 5.16 Å². The highest BCUT2D eigenvalue weighted by Gasteiger charge is 2.23. The van der Waals surface area contributed by atoms with Crippen LogP contribution in [0.25, 0.3) is 22.2 Å². The van der Waals surface area contributed by atoms with Crippen LogP contribution in [0.4, 0.5) is 0 Å². The highest BCUT2D eigenvalue weighted by molar-refractivity contribution is 8.71. The van der Waals surface area contributed by atoms with Crippen molar-refractivity contribution in [1.82, 2.24) is 9.97 Å². The summed E-state index contributed by atoms with van der Waals surface area (Å²) < 4.78 is 0. The molecule has 3 aromatic rings. The predicted molar refractivity (Wildman–Crippen MR) is 121 cm³/mol. The molecule has 0 amide bonds. The molecule has 1 heterocycles. The largest absolute Gasteiger partial charge is 0.331 e. The van der Waals surface area contributed by atoms with Crippen LogP contribution in [-0.2, 0) is 0 Å². The zero-order valence-electron chi connectivity index (χ0n) is 11.3. The number of H-pyrrole nitrogens is 1. The van der Waals surface area contributed by atoms with E-state index in [4.69, 9.17) is 4.98 Å². The monoisotopic (exact) mass is 450 g/mol. The Bertz CT molecular complexity index is 833. The van der Waals surface area contributed by atoms with Gasteiger partial charge in [0, 0.05) is 15.4 Å². The van der Waals surface area contributed by atoms with E-state index in [0.29, 0.717) is 0 Å². The smallest absolute Gasteiger partial charge is 0.177 e. The average Bonchev–Trinajstić information content (AvgIpc) is 3.03. The number of benzene rings is 2. The Morgan fingerprint density at radius 2 is 1.43 bits per heavy atom. The third kappa shape index (κ3) is 3.51. The van der Waals surface area contributed by atoms with Gasteiger partial charge in [-0.1, -0.05) is 62.7 Å². The molecule has 0 radical (unpaired) electrons. The minimum absolute atomic E-state index is 0.751. The molecule has 23 heavy (non-hydrogen) atoms. The van der Waals surface area contributed by atoms with Crippen LogP contribution in [0.5, 0.6) is 0 Å². The lowest BCUT2D eigenvalue weighted by Crippen LogP contribution is -1.90. The van der Waals surface area contributed by atoms with Crippen molar-refractivity contribution in [2.75, 3.05) is 0 Å². The van der Waals surface area contributed by atoms with Gasteiger partial charge in [-0.2, -0.15) is 0 Å². The van der Waals surface area contributed by atoms with Gasteiger partial charge in [0.05, 0.1) is 15.9 Å². The highest BCUT2D eigenvalue weighted by Crippen LogP contribution is 2.51. The van der Waals surface area contributed by atoms with Gasteiger partial charge >= 0.3 is 0 Å². The Morgan fingerprint density at radius 1 is 0.783 bits per heavy atom. The summed E-state index contributed by atoms with van der Waals surface area (Å²) in [4.78, 5) is 11.1. The maximum Gasteiger partial charge on any atom is 0.177 e.